The number of fused-ring (bicyclic) bond motifs is 1. The highest BCUT2D eigenvalue weighted by Crippen LogP contribution is 2.19. The van der Waals surface area contributed by atoms with Crippen molar-refractivity contribution in [1.29, 1.82) is 0 Å². The van der Waals surface area contributed by atoms with E-state index in [1.807, 2.05) is 49.4 Å². The van der Waals surface area contributed by atoms with E-state index in [9.17, 15) is 14.4 Å². The summed E-state index contributed by atoms with van der Waals surface area (Å²) in [5.74, 6) is -0.793. The van der Waals surface area contributed by atoms with Crippen LogP contribution in [0.2, 0.25) is 0 Å². The van der Waals surface area contributed by atoms with E-state index >= 15 is 0 Å². The molecule has 0 spiro atoms. The highest BCUT2D eigenvalue weighted by Gasteiger charge is 2.22. The second-order valence-electron chi connectivity index (χ2n) is 6.91. The van der Waals surface area contributed by atoms with Crippen LogP contribution in [0.5, 0.6) is 5.75 Å². The summed E-state index contributed by atoms with van der Waals surface area (Å²) >= 11 is 0. The summed E-state index contributed by atoms with van der Waals surface area (Å²) < 4.78 is 5.45. The van der Waals surface area contributed by atoms with Gasteiger partial charge in [-0.15, -0.1) is 0 Å². The first-order valence-corrected chi connectivity index (χ1v) is 9.53. The zero-order chi connectivity index (χ0) is 21.5. The Morgan fingerprint density at radius 3 is 2.53 bits per heavy atom. The minimum Gasteiger partial charge on any atom is -0.483 e. The van der Waals surface area contributed by atoms with E-state index in [4.69, 9.17) is 4.74 Å². The minimum absolute atomic E-state index is 0.252. The molecule has 8 nitrogen and oxygen atoms in total. The Labute approximate surface area is 174 Å². The van der Waals surface area contributed by atoms with Crippen LogP contribution in [-0.4, -0.2) is 35.4 Å². The quantitative estimate of drug-likeness (QED) is 0.446. The number of rotatable bonds is 7. The van der Waals surface area contributed by atoms with Crippen molar-refractivity contribution in [2.45, 2.75) is 26.3 Å². The fourth-order valence-corrected chi connectivity index (χ4v) is 3.09. The van der Waals surface area contributed by atoms with Crippen LogP contribution in [0.15, 0.2) is 54.7 Å². The molecule has 0 saturated heterocycles. The van der Waals surface area contributed by atoms with Gasteiger partial charge in [-0.1, -0.05) is 36.4 Å². The number of para-hydroxylation sites is 2. The van der Waals surface area contributed by atoms with Crippen LogP contribution in [0.3, 0.4) is 0 Å². The average molecular weight is 408 g/mol. The van der Waals surface area contributed by atoms with Crippen molar-refractivity contribution >= 4 is 28.6 Å². The summed E-state index contributed by atoms with van der Waals surface area (Å²) in [6.07, 6.45) is 2.08. The predicted octanol–water partition coefficient (Wildman–Crippen LogP) is 1.75. The third kappa shape index (κ3) is 5.38. The first kappa shape index (κ1) is 20.9. The largest absolute Gasteiger partial charge is 0.483 e. The molecule has 1 heterocycles. The van der Waals surface area contributed by atoms with Gasteiger partial charge in [-0.2, -0.15) is 0 Å². The van der Waals surface area contributed by atoms with Crippen molar-refractivity contribution < 1.29 is 19.1 Å². The molecule has 0 bridgehead atoms. The van der Waals surface area contributed by atoms with E-state index in [0.717, 1.165) is 22.0 Å². The summed E-state index contributed by atoms with van der Waals surface area (Å²) in [5, 5.41) is 3.59. The molecule has 1 aromatic heterocycles. The number of ether oxygens (including phenoxy) is 1. The molecule has 156 valence electrons. The third-order valence-corrected chi connectivity index (χ3v) is 4.57. The van der Waals surface area contributed by atoms with Gasteiger partial charge >= 0.3 is 0 Å². The van der Waals surface area contributed by atoms with Crippen molar-refractivity contribution in [2.24, 2.45) is 0 Å². The molecule has 4 N–H and O–H groups in total. The predicted molar refractivity (Wildman–Crippen MR) is 113 cm³/mol. The van der Waals surface area contributed by atoms with E-state index in [2.05, 4.69) is 21.2 Å². The summed E-state index contributed by atoms with van der Waals surface area (Å²) in [4.78, 5) is 39.3. The molecule has 0 saturated carbocycles. The number of hydrogen-bond donors (Lipinski definition) is 4. The van der Waals surface area contributed by atoms with Crippen LogP contribution < -0.4 is 20.9 Å². The van der Waals surface area contributed by atoms with Gasteiger partial charge in [-0.25, -0.2) is 0 Å². The Morgan fingerprint density at radius 1 is 1.03 bits per heavy atom. The number of aromatic amines is 1. The molecule has 2 aromatic carbocycles. The number of benzene rings is 2. The topological polar surface area (TPSA) is 112 Å². The molecule has 1 atom stereocenters. The maximum Gasteiger partial charge on any atom is 0.276 e. The van der Waals surface area contributed by atoms with E-state index < -0.39 is 17.9 Å². The highest BCUT2D eigenvalue weighted by atomic mass is 16.5. The highest BCUT2D eigenvalue weighted by molar-refractivity contribution is 5.90. The molecule has 0 aliphatic carbocycles. The lowest BCUT2D eigenvalue weighted by Gasteiger charge is -2.18. The molecule has 8 heteroatoms. The molecule has 0 aliphatic heterocycles. The minimum atomic E-state index is -0.848. The second kappa shape index (κ2) is 9.60. The van der Waals surface area contributed by atoms with E-state index in [0.29, 0.717) is 5.75 Å². The fraction of sp³-hybridized carbons (Fsp3) is 0.227. The van der Waals surface area contributed by atoms with Crippen LogP contribution in [0, 0.1) is 6.92 Å². The number of hydrogen-bond acceptors (Lipinski definition) is 4. The maximum atomic E-state index is 12.6. The molecule has 3 amide bonds. The monoisotopic (exact) mass is 408 g/mol. The number of aromatic nitrogens is 1. The average Bonchev–Trinajstić information content (AvgIpc) is 3.13. The van der Waals surface area contributed by atoms with Crippen molar-refractivity contribution in [3.8, 4) is 5.75 Å². The van der Waals surface area contributed by atoms with Gasteiger partial charge in [0, 0.05) is 30.4 Å². The summed E-state index contributed by atoms with van der Waals surface area (Å²) in [5.41, 5.74) is 7.40. The number of aryl methyl sites for hydroxylation is 1. The molecule has 30 heavy (non-hydrogen) atoms. The molecule has 0 radical (unpaired) electrons. The van der Waals surface area contributed by atoms with Gasteiger partial charge in [0.25, 0.3) is 11.8 Å². The lowest BCUT2D eigenvalue weighted by atomic mass is 10.0. The molecule has 0 aliphatic rings. The zero-order valence-electron chi connectivity index (χ0n) is 16.8. The van der Waals surface area contributed by atoms with Crippen molar-refractivity contribution in [1.82, 2.24) is 21.2 Å². The Morgan fingerprint density at radius 2 is 1.77 bits per heavy atom. The summed E-state index contributed by atoms with van der Waals surface area (Å²) in [7, 11) is 0. The zero-order valence-corrected chi connectivity index (χ0v) is 16.8. The second-order valence-corrected chi connectivity index (χ2v) is 6.91. The number of hydrazine groups is 1. The molecule has 3 aromatic rings. The third-order valence-electron chi connectivity index (χ3n) is 4.57. The van der Waals surface area contributed by atoms with Crippen LogP contribution in [-0.2, 0) is 20.8 Å². The number of H-pyrrole nitrogens is 1. The van der Waals surface area contributed by atoms with Gasteiger partial charge in [-0.3, -0.25) is 25.2 Å². The van der Waals surface area contributed by atoms with Crippen LogP contribution in [0.25, 0.3) is 10.9 Å². The van der Waals surface area contributed by atoms with Gasteiger partial charge in [0.2, 0.25) is 5.91 Å². The maximum absolute atomic E-state index is 12.6. The van der Waals surface area contributed by atoms with Crippen molar-refractivity contribution in [3.63, 3.8) is 0 Å². The summed E-state index contributed by atoms with van der Waals surface area (Å²) in [6, 6.07) is 14.2. The van der Waals surface area contributed by atoms with Crippen LogP contribution in [0.1, 0.15) is 18.1 Å². The lowest BCUT2D eigenvalue weighted by molar-refractivity contribution is -0.132. The molecule has 0 fully saturated rings. The van der Waals surface area contributed by atoms with Crippen LogP contribution in [0.4, 0.5) is 0 Å². The number of nitrogens with one attached hydrogen (secondary N) is 4. The fourth-order valence-electron chi connectivity index (χ4n) is 3.09. The van der Waals surface area contributed by atoms with Crippen molar-refractivity contribution in [2.75, 3.05) is 6.61 Å². The van der Waals surface area contributed by atoms with Gasteiger partial charge in [0.05, 0.1) is 0 Å². The Hall–Kier alpha value is -3.81. The normalized spacial score (nSPS) is 11.5. The van der Waals surface area contributed by atoms with Crippen LogP contribution >= 0.6 is 0 Å². The van der Waals surface area contributed by atoms with Gasteiger partial charge < -0.3 is 15.0 Å². The van der Waals surface area contributed by atoms with E-state index in [-0.39, 0.29) is 18.9 Å². The standard InChI is InChI=1S/C22H24N4O4/c1-14-7-3-6-10-20(14)30-13-21(28)25-26-22(29)19(24-15(2)27)11-16-12-23-18-9-5-4-8-17(16)18/h3-10,12,19,23H,11,13H2,1-2H3,(H,24,27)(H,25,28)(H,26,29)/t19-/m1/s1. The summed E-state index contributed by atoms with van der Waals surface area (Å²) in [6.45, 7) is 2.96. The van der Waals surface area contributed by atoms with Crippen molar-refractivity contribution in [3.05, 3.63) is 65.9 Å². The lowest BCUT2D eigenvalue weighted by Crippen LogP contribution is -2.53. The van der Waals surface area contributed by atoms with Gasteiger partial charge in [0.15, 0.2) is 6.61 Å². The molecular formula is C22H24N4O4. The number of amides is 3. The van der Waals surface area contributed by atoms with E-state index in [1.165, 1.54) is 6.92 Å². The Balaban J connectivity index is 1.57. The molecular weight excluding hydrogens is 384 g/mol. The van der Waals surface area contributed by atoms with Gasteiger partial charge in [0.1, 0.15) is 11.8 Å². The number of carbonyl (C=O) groups is 3. The first-order valence-electron chi connectivity index (χ1n) is 9.53. The Kier molecular flexibility index (Phi) is 6.69. The smallest absolute Gasteiger partial charge is 0.276 e. The van der Waals surface area contributed by atoms with E-state index in [1.54, 1.807) is 12.3 Å². The first-order chi connectivity index (χ1) is 14.4. The Bertz CT molecular complexity index is 1060. The molecule has 3 rings (SSSR count). The van der Waals surface area contributed by atoms with Gasteiger partial charge in [-0.05, 0) is 30.2 Å². The molecule has 0 unspecified atom stereocenters. The SMILES string of the molecule is CC(=O)N[C@H](Cc1c[nH]c2ccccc12)C(=O)NNC(=O)COc1ccccc1C. The number of carbonyl (C=O) groups excluding carboxylic acids is 3.